The second-order valence-electron chi connectivity index (χ2n) is 7.40. The van der Waals surface area contributed by atoms with Crippen molar-refractivity contribution in [2.45, 2.75) is 51.9 Å². The zero-order valence-corrected chi connectivity index (χ0v) is 17.3. The second kappa shape index (κ2) is 10.3. The van der Waals surface area contributed by atoms with Crippen molar-refractivity contribution in [3.8, 4) is 11.1 Å². The zero-order chi connectivity index (χ0) is 21.5. The Kier molecular flexibility index (Phi) is 7.53. The molecule has 8 nitrogen and oxygen atoms in total. The largest absolute Gasteiger partial charge is 0.480 e. The van der Waals surface area contributed by atoms with E-state index in [1.54, 1.807) is 6.92 Å². The predicted molar refractivity (Wildman–Crippen MR) is 114 cm³/mol. The van der Waals surface area contributed by atoms with Gasteiger partial charge in [0.25, 0.3) is 0 Å². The lowest BCUT2D eigenvalue weighted by Crippen LogP contribution is -2.42. The number of carboxylic acids is 1. The molecule has 1 heterocycles. The van der Waals surface area contributed by atoms with E-state index in [0.29, 0.717) is 6.42 Å². The second-order valence-corrected chi connectivity index (χ2v) is 7.40. The van der Waals surface area contributed by atoms with Crippen molar-refractivity contribution in [2.75, 3.05) is 0 Å². The molecule has 0 bridgehead atoms. The lowest BCUT2D eigenvalue weighted by Gasteiger charge is -2.27. The molecule has 1 amide bonds. The van der Waals surface area contributed by atoms with Gasteiger partial charge in [-0.15, -0.1) is 0 Å². The predicted octanol–water partition coefficient (Wildman–Crippen LogP) is 2.46. The number of amides is 1. The highest BCUT2D eigenvalue weighted by atomic mass is 16.4. The van der Waals surface area contributed by atoms with Crippen molar-refractivity contribution in [1.82, 2.24) is 26.8 Å². The minimum atomic E-state index is -0.996. The molecular weight excluding hydrogens is 382 g/mol. The van der Waals surface area contributed by atoms with Crippen LogP contribution >= 0.6 is 0 Å². The molecule has 1 fully saturated rings. The monoisotopic (exact) mass is 411 g/mol. The van der Waals surface area contributed by atoms with Crippen molar-refractivity contribution in [3.05, 3.63) is 59.7 Å². The van der Waals surface area contributed by atoms with Gasteiger partial charge in [0.05, 0.1) is 0 Å². The number of hydrogen-bond acceptors (Lipinski definition) is 6. The van der Waals surface area contributed by atoms with Crippen LogP contribution in [-0.4, -0.2) is 27.9 Å². The molecule has 1 aliphatic rings. The Bertz CT molecular complexity index is 865. The average Bonchev–Trinajstić information content (AvgIpc) is 3.30. The third kappa shape index (κ3) is 5.22. The summed E-state index contributed by atoms with van der Waals surface area (Å²) < 4.78 is 0. The summed E-state index contributed by atoms with van der Waals surface area (Å²) in [6.45, 7) is 3.84. The van der Waals surface area contributed by atoms with Crippen LogP contribution in [0.5, 0.6) is 0 Å². The van der Waals surface area contributed by atoms with Crippen LogP contribution in [0.25, 0.3) is 11.1 Å². The lowest BCUT2D eigenvalue weighted by atomic mass is 9.97. The number of carbonyl (C=O) groups excluding carboxylic acids is 1. The molecular formula is C22H29N5O3. The molecule has 0 saturated carbocycles. The Balaban J connectivity index is 1.79. The molecule has 2 aromatic rings. The maximum atomic E-state index is 12.6. The molecule has 0 aromatic heterocycles. The molecule has 2 aromatic carbocycles. The van der Waals surface area contributed by atoms with Gasteiger partial charge in [-0.3, -0.25) is 4.79 Å². The number of unbranched alkanes of at least 4 members (excludes halogenated alkanes) is 1. The van der Waals surface area contributed by atoms with Crippen LogP contribution in [-0.2, 0) is 16.1 Å². The maximum absolute atomic E-state index is 12.6. The van der Waals surface area contributed by atoms with E-state index in [4.69, 9.17) is 0 Å². The molecule has 0 unspecified atom stereocenters. The van der Waals surface area contributed by atoms with Gasteiger partial charge in [-0.1, -0.05) is 61.9 Å². The third-order valence-corrected chi connectivity index (χ3v) is 5.27. The minimum Gasteiger partial charge on any atom is -0.480 e. The van der Waals surface area contributed by atoms with E-state index in [9.17, 15) is 14.7 Å². The Hall–Kier alpha value is -2.78. The van der Waals surface area contributed by atoms with Gasteiger partial charge >= 0.3 is 5.97 Å². The van der Waals surface area contributed by atoms with Crippen LogP contribution in [0.15, 0.2) is 48.5 Å². The molecule has 0 aliphatic carbocycles. The number of nitrogens with zero attached hydrogens (tertiary/aromatic N) is 1. The third-order valence-electron chi connectivity index (χ3n) is 5.27. The van der Waals surface area contributed by atoms with Gasteiger partial charge in [-0.25, -0.2) is 15.6 Å². The Labute approximate surface area is 176 Å². The first kappa shape index (κ1) is 21.9. The van der Waals surface area contributed by atoms with Crippen LogP contribution in [0.4, 0.5) is 0 Å². The Morgan fingerprint density at radius 2 is 1.73 bits per heavy atom. The van der Waals surface area contributed by atoms with Gasteiger partial charge in [0, 0.05) is 13.0 Å². The number of carbonyl (C=O) groups is 2. The lowest BCUT2D eigenvalue weighted by molar-refractivity contribution is -0.150. The molecule has 5 N–H and O–H groups in total. The summed E-state index contributed by atoms with van der Waals surface area (Å²) in [5, 5.41) is 9.42. The number of benzene rings is 2. The summed E-state index contributed by atoms with van der Waals surface area (Å²) >= 11 is 0. The van der Waals surface area contributed by atoms with Crippen molar-refractivity contribution >= 4 is 11.9 Å². The first-order chi connectivity index (χ1) is 14.5. The van der Waals surface area contributed by atoms with E-state index in [-0.39, 0.29) is 18.6 Å². The smallest absolute Gasteiger partial charge is 0.326 e. The minimum absolute atomic E-state index is 0.0797. The van der Waals surface area contributed by atoms with Crippen LogP contribution in [0.2, 0.25) is 0 Å². The van der Waals surface area contributed by atoms with E-state index in [1.807, 2.05) is 49.4 Å². The SMILES string of the molecule is CCCCC(=O)N(Cc1ccc(-c2ccccc2C2NNNN2)cc1)[C@@H](C)C(=O)O. The molecule has 0 radical (unpaired) electrons. The summed E-state index contributed by atoms with van der Waals surface area (Å²) in [5.41, 5.74) is 16.0. The van der Waals surface area contributed by atoms with E-state index >= 15 is 0 Å². The molecule has 160 valence electrons. The van der Waals surface area contributed by atoms with Crippen LogP contribution in [0.1, 0.15) is 50.4 Å². The number of hydrazine groups is 3. The fourth-order valence-electron chi connectivity index (χ4n) is 3.45. The van der Waals surface area contributed by atoms with Gasteiger partial charge in [0.1, 0.15) is 12.2 Å². The van der Waals surface area contributed by atoms with Crippen molar-refractivity contribution in [2.24, 2.45) is 0 Å². The van der Waals surface area contributed by atoms with Crippen LogP contribution < -0.4 is 21.9 Å². The van der Waals surface area contributed by atoms with E-state index in [2.05, 4.69) is 28.0 Å². The number of nitrogens with one attached hydrogen (secondary N) is 4. The molecule has 1 aliphatic heterocycles. The van der Waals surface area contributed by atoms with Gasteiger partial charge in [0.15, 0.2) is 0 Å². The van der Waals surface area contributed by atoms with E-state index in [1.165, 1.54) is 4.90 Å². The number of rotatable bonds is 9. The Morgan fingerprint density at radius 1 is 1.07 bits per heavy atom. The molecule has 8 heteroatoms. The summed E-state index contributed by atoms with van der Waals surface area (Å²) in [6, 6.07) is 15.1. The highest BCUT2D eigenvalue weighted by molar-refractivity contribution is 5.83. The van der Waals surface area contributed by atoms with Crippen LogP contribution in [0, 0.1) is 0 Å². The molecule has 3 rings (SSSR count). The summed E-state index contributed by atoms with van der Waals surface area (Å²) in [7, 11) is 0. The molecule has 0 spiro atoms. The van der Waals surface area contributed by atoms with Crippen molar-refractivity contribution in [1.29, 1.82) is 0 Å². The molecule has 1 saturated heterocycles. The first-order valence-corrected chi connectivity index (χ1v) is 10.2. The van der Waals surface area contributed by atoms with Crippen molar-refractivity contribution < 1.29 is 14.7 Å². The van der Waals surface area contributed by atoms with E-state index in [0.717, 1.165) is 35.1 Å². The standard InChI is InChI=1S/C22H29N5O3/c1-3-4-9-20(28)27(15(2)22(29)30)14-16-10-12-17(13-11-16)18-7-5-6-8-19(18)21-23-25-26-24-21/h5-8,10-13,15,21,23-26H,3-4,9,14H2,1-2H3,(H,29,30)/t15-/m0/s1. The zero-order valence-electron chi connectivity index (χ0n) is 17.3. The fraction of sp³-hybridized carbons (Fsp3) is 0.364. The molecule has 30 heavy (non-hydrogen) atoms. The van der Waals surface area contributed by atoms with E-state index < -0.39 is 12.0 Å². The van der Waals surface area contributed by atoms with Gasteiger partial charge in [-0.05, 0) is 35.6 Å². The number of hydrogen-bond donors (Lipinski definition) is 5. The van der Waals surface area contributed by atoms with Gasteiger partial charge < -0.3 is 10.0 Å². The summed E-state index contributed by atoms with van der Waals surface area (Å²) in [6.07, 6.45) is 1.93. The Morgan fingerprint density at radius 3 is 2.37 bits per heavy atom. The summed E-state index contributed by atoms with van der Waals surface area (Å²) in [5.74, 6) is -1.12. The topological polar surface area (TPSA) is 106 Å². The fourth-order valence-corrected chi connectivity index (χ4v) is 3.45. The number of carboxylic acid groups (broad SMARTS) is 1. The van der Waals surface area contributed by atoms with Crippen molar-refractivity contribution in [3.63, 3.8) is 0 Å². The number of aliphatic carboxylic acids is 1. The highest BCUT2D eigenvalue weighted by Gasteiger charge is 2.25. The normalized spacial score (nSPS) is 15.1. The molecule has 1 atom stereocenters. The highest BCUT2D eigenvalue weighted by Crippen LogP contribution is 2.28. The summed E-state index contributed by atoms with van der Waals surface area (Å²) in [4.78, 5) is 25.5. The maximum Gasteiger partial charge on any atom is 0.326 e. The average molecular weight is 412 g/mol. The van der Waals surface area contributed by atoms with Gasteiger partial charge in [-0.2, -0.15) is 11.1 Å². The first-order valence-electron chi connectivity index (χ1n) is 10.2. The quantitative estimate of drug-likeness (QED) is 0.432. The van der Waals surface area contributed by atoms with Crippen LogP contribution in [0.3, 0.4) is 0 Å². The van der Waals surface area contributed by atoms with Gasteiger partial charge in [0.2, 0.25) is 5.91 Å².